The summed E-state index contributed by atoms with van der Waals surface area (Å²) >= 11 is 12.1. The third-order valence-electron chi connectivity index (χ3n) is 2.51. The molecule has 0 aliphatic rings. The number of aryl methyl sites for hydroxylation is 1. The molecule has 0 bridgehead atoms. The van der Waals surface area contributed by atoms with Crippen molar-refractivity contribution in [2.75, 3.05) is 11.1 Å². The quantitative estimate of drug-likeness (QED) is 0.778. The smallest absolute Gasteiger partial charge is 0.0807 e. The summed E-state index contributed by atoms with van der Waals surface area (Å²) in [6.07, 6.45) is 0. The molecule has 0 amide bonds. The van der Waals surface area contributed by atoms with Crippen molar-refractivity contribution in [1.82, 2.24) is 0 Å². The van der Waals surface area contributed by atoms with Gasteiger partial charge in [0, 0.05) is 10.7 Å². The molecule has 0 atom stereocenters. The first-order valence-corrected chi connectivity index (χ1v) is 5.90. The number of nitrogens with one attached hydrogen (secondary N) is 1. The monoisotopic (exact) mass is 266 g/mol. The number of hydrogen-bond donors (Lipinski definition) is 2. The lowest BCUT2D eigenvalue weighted by molar-refractivity contribution is 1.43. The van der Waals surface area contributed by atoms with Crippen LogP contribution in [0.4, 0.5) is 17.1 Å². The Labute approximate surface area is 110 Å². The average molecular weight is 267 g/mol. The molecule has 0 saturated carbocycles. The third kappa shape index (κ3) is 2.65. The van der Waals surface area contributed by atoms with Gasteiger partial charge >= 0.3 is 0 Å². The predicted molar refractivity (Wildman–Crippen MR) is 75.3 cm³/mol. The van der Waals surface area contributed by atoms with Gasteiger partial charge in [-0.15, -0.1) is 0 Å². The molecule has 0 radical (unpaired) electrons. The first-order valence-electron chi connectivity index (χ1n) is 5.15. The molecule has 0 unspecified atom stereocenters. The van der Waals surface area contributed by atoms with Crippen molar-refractivity contribution >= 4 is 40.3 Å². The molecule has 0 aliphatic carbocycles. The van der Waals surface area contributed by atoms with Crippen LogP contribution in [0.15, 0.2) is 36.4 Å². The first-order chi connectivity index (χ1) is 8.08. The lowest BCUT2D eigenvalue weighted by atomic mass is 10.2. The molecule has 2 rings (SSSR count). The normalized spacial score (nSPS) is 10.3. The maximum Gasteiger partial charge on any atom is 0.0807 e. The highest BCUT2D eigenvalue weighted by atomic mass is 35.5. The number of rotatable bonds is 2. The van der Waals surface area contributed by atoms with E-state index in [1.807, 2.05) is 31.2 Å². The Morgan fingerprint density at radius 3 is 2.59 bits per heavy atom. The minimum atomic E-state index is 0.587. The maximum atomic E-state index is 6.10. The highest BCUT2D eigenvalue weighted by Crippen LogP contribution is 2.32. The molecule has 2 nitrogen and oxygen atoms in total. The van der Waals surface area contributed by atoms with E-state index >= 15 is 0 Å². The zero-order valence-electron chi connectivity index (χ0n) is 9.30. The second kappa shape index (κ2) is 4.86. The van der Waals surface area contributed by atoms with E-state index in [9.17, 15) is 0 Å². The fraction of sp³-hybridized carbons (Fsp3) is 0.0769. The van der Waals surface area contributed by atoms with E-state index < -0.39 is 0 Å². The number of benzene rings is 2. The van der Waals surface area contributed by atoms with E-state index in [1.54, 1.807) is 12.1 Å². The molecule has 88 valence electrons. The van der Waals surface area contributed by atoms with Crippen molar-refractivity contribution in [2.45, 2.75) is 6.92 Å². The molecule has 0 saturated heterocycles. The van der Waals surface area contributed by atoms with Crippen molar-refractivity contribution in [2.24, 2.45) is 0 Å². The van der Waals surface area contributed by atoms with Crippen LogP contribution in [0.3, 0.4) is 0 Å². The van der Waals surface area contributed by atoms with Crippen LogP contribution < -0.4 is 11.1 Å². The Bertz CT molecular complexity index is 533. The number of para-hydroxylation sites is 1. The molecular formula is C13H12Cl2N2. The minimum Gasteiger partial charge on any atom is -0.397 e. The van der Waals surface area contributed by atoms with Gasteiger partial charge in [-0.2, -0.15) is 0 Å². The molecule has 0 aromatic heterocycles. The van der Waals surface area contributed by atoms with Crippen LogP contribution in [-0.4, -0.2) is 0 Å². The van der Waals surface area contributed by atoms with Gasteiger partial charge in [0.2, 0.25) is 0 Å². The highest BCUT2D eigenvalue weighted by molar-refractivity contribution is 6.34. The van der Waals surface area contributed by atoms with Crippen LogP contribution in [0.1, 0.15) is 5.56 Å². The molecule has 0 heterocycles. The summed E-state index contributed by atoms with van der Waals surface area (Å²) < 4.78 is 0. The predicted octanol–water partition coefficient (Wildman–Crippen LogP) is 4.63. The van der Waals surface area contributed by atoms with E-state index in [-0.39, 0.29) is 0 Å². The van der Waals surface area contributed by atoms with E-state index in [0.717, 1.165) is 11.3 Å². The van der Waals surface area contributed by atoms with Crippen LogP contribution in [-0.2, 0) is 0 Å². The van der Waals surface area contributed by atoms with Gasteiger partial charge < -0.3 is 11.1 Å². The summed E-state index contributed by atoms with van der Waals surface area (Å²) in [7, 11) is 0. The van der Waals surface area contributed by atoms with Crippen molar-refractivity contribution in [3.05, 3.63) is 52.0 Å². The molecule has 0 aliphatic heterocycles. The summed E-state index contributed by atoms with van der Waals surface area (Å²) in [5.41, 5.74) is 9.17. The fourth-order valence-electron chi connectivity index (χ4n) is 1.54. The standard InChI is InChI=1S/C13H12Cl2N2/c1-8-5-6-9(14)7-12(8)17-13-10(15)3-2-4-11(13)16/h2-7,17H,16H2,1H3. The van der Waals surface area contributed by atoms with Crippen molar-refractivity contribution in [3.63, 3.8) is 0 Å². The summed E-state index contributed by atoms with van der Waals surface area (Å²) in [6, 6.07) is 11.0. The molecule has 3 N–H and O–H groups in total. The van der Waals surface area contributed by atoms with Crippen LogP contribution in [0, 0.1) is 6.92 Å². The Balaban J connectivity index is 2.41. The third-order valence-corrected chi connectivity index (χ3v) is 3.06. The lowest BCUT2D eigenvalue weighted by Crippen LogP contribution is -1.98. The van der Waals surface area contributed by atoms with Gasteiger partial charge in [-0.25, -0.2) is 0 Å². The summed E-state index contributed by atoms with van der Waals surface area (Å²) in [5.74, 6) is 0. The molecule has 0 spiro atoms. The highest BCUT2D eigenvalue weighted by Gasteiger charge is 2.06. The Morgan fingerprint density at radius 2 is 1.88 bits per heavy atom. The Kier molecular flexibility index (Phi) is 3.46. The topological polar surface area (TPSA) is 38.0 Å². The SMILES string of the molecule is Cc1ccc(Cl)cc1Nc1c(N)cccc1Cl. The fourth-order valence-corrected chi connectivity index (χ4v) is 1.94. The van der Waals surface area contributed by atoms with Crippen molar-refractivity contribution < 1.29 is 0 Å². The lowest BCUT2D eigenvalue weighted by Gasteiger charge is -2.13. The van der Waals surface area contributed by atoms with Crippen LogP contribution in [0.2, 0.25) is 10.0 Å². The Hall–Kier alpha value is -1.38. The molecule has 17 heavy (non-hydrogen) atoms. The average Bonchev–Trinajstić information content (AvgIpc) is 2.28. The van der Waals surface area contributed by atoms with E-state index in [2.05, 4.69) is 5.32 Å². The number of halogens is 2. The maximum absolute atomic E-state index is 6.10. The second-order valence-electron chi connectivity index (χ2n) is 3.79. The van der Waals surface area contributed by atoms with Crippen LogP contribution in [0.5, 0.6) is 0 Å². The van der Waals surface area contributed by atoms with Gasteiger partial charge in [0.25, 0.3) is 0 Å². The largest absolute Gasteiger partial charge is 0.397 e. The van der Waals surface area contributed by atoms with E-state index in [4.69, 9.17) is 28.9 Å². The molecule has 2 aromatic rings. The van der Waals surface area contributed by atoms with Crippen molar-refractivity contribution in [3.8, 4) is 0 Å². The Morgan fingerprint density at radius 1 is 1.12 bits per heavy atom. The minimum absolute atomic E-state index is 0.587. The van der Waals surface area contributed by atoms with Gasteiger partial charge in [0.15, 0.2) is 0 Å². The van der Waals surface area contributed by atoms with Gasteiger partial charge in [0.05, 0.1) is 16.4 Å². The van der Waals surface area contributed by atoms with E-state index in [0.29, 0.717) is 21.4 Å². The summed E-state index contributed by atoms with van der Waals surface area (Å²) in [4.78, 5) is 0. The van der Waals surface area contributed by atoms with E-state index in [1.165, 1.54) is 0 Å². The van der Waals surface area contributed by atoms with Gasteiger partial charge in [-0.1, -0.05) is 35.3 Å². The zero-order chi connectivity index (χ0) is 12.4. The number of anilines is 3. The van der Waals surface area contributed by atoms with Crippen molar-refractivity contribution in [1.29, 1.82) is 0 Å². The summed E-state index contributed by atoms with van der Waals surface area (Å²) in [6.45, 7) is 1.99. The number of nitrogen functional groups attached to an aromatic ring is 1. The second-order valence-corrected chi connectivity index (χ2v) is 4.63. The van der Waals surface area contributed by atoms with Gasteiger partial charge in [0.1, 0.15) is 0 Å². The molecule has 2 aromatic carbocycles. The zero-order valence-corrected chi connectivity index (χ0v) is 10.8. The number of nitrogens with two attached hydrogens (primary N) is 1. The van der Waals surface area contributed by atoms with Gasteiger partial charge in [-0.05, 0) is 36.8 Å². The molecule has 0 fully saturated rings. The molecular weight excluding hydrogens is 255 g/mol. The number of hydrogen-bond acceptors (Lipinski definition) is 2. The van der Waals surface area contributed by atoms with Crippen LogP contribution >= 0.6 is 23.2 Å². The van der Waals surface area contributed by atoms with Gasteiger partial charge in [-0.3, -0.25) is 0 Å². The molecule has 4 heteroatoms. The summed E-state index contributed by atoms with van der Waals surface area (Å²) in [5, 5.41) is 4.47. The first kappa shape index (κ1) is 12.1. The van der Waals surface area contributed by atoms with Crippen LogP contribution in [0.25, 0.3) is 0 Å².